The van der Waals surface area contributed by atoms with E-state index in [4.69, 9.17) is 22.1 Å². The number of nitrogens with one attached hydrogen (secondary N) is 2. The molecule has 28 heavy (non-hydrogen) atoms. The molecule has 0 saturated heterocycles. The molecule has 0 aliphatic rings. The second-order valence-corrected chi connectivity index (χ2v) is 6.10. The minimum atomic E-state index is -0.526. The van der Waals surface area contributed by atoms with Crippen LogP contribution in [0.1, 0.15) is 0 Å². The van der Waals surface area contributed by atoms with Crippen LogP contribution in [0.2, 0.25) is 5.02 Å². The van der Waals surface area contributed by atoms with Gasteiger partial charge in [0.05, 0.1) is 16.9 Å². The summed E-state index contributed by atoms with van der Waals surface area (Å²) in [7, 11) is 0. The zero-order chi connectivity index (χ0) is 20.1. The molecule has 1 aromatic heterocycles. The van der Waals surface area contributed by atoms with Crippen molar-refractivity contribution in [3.05, 3.63) is 60.2 Å². The number of amides is 1. The lowest BCUT2D eigenvalue weighted by Gasteiger charge is -2.14. The number of halogens is 2. The van der Waals surface area contributed by atoms with Crippen LogP contribution in [0.15, 0.2) is 49.3 Å². The fourth-order valence-electron chi connectivity index (χ4n) is 2.47. The van der Waals surface area contributed by atoms with Gasteiger partial charge >= 0.3 is 0 Å². The highest BCUT2D eigenvalue weighted by atomic mass is 35.5. The molecule has 0 fully saturated rings. The molecule has 0 atom stereocenters. The average Bonchev–Trinajstić information content (AvgIpc) is 2.68. The Balaban J connectivity index is 2.07. The summed E-state index contributed by atoms with van der Waals surface area (Å²) in [6.45, 7) is 4.00. The molecule has 2 aromatic carbocycles. The summed E-state index contributed by atoms with van der Waals surface area (Å²) in [6, 6.07) is 7.55. The van der Waals surface area contributed by atoms with Gasteiger partial charge in [0.25, 0.3) is 0 Å². The van der Waals surface area contributed by atoms with E-state index in [0.29, 0.717) is 34.7 Å². The van der Waals surface area contributed by atoms with Gasteiger partial charge in [0.15, 0.2) is 0 Å². The molecule has 0 aliphatic heterocycles. The number of fused-ring (bicyclic) bond motifs is 1. The fraction of sp³-hybridized carbons (Fsp3) is 0.105. The standard InChI is InChI=1S/C19H17ClFN5O2/c1-2-18(27)25-16-8-12-15(9-17(16)28-6-5-22)23-10-24-19(12)26-14-4-3-11(20)7-13(14)21/h2-4,7-10H,1,5-6,22H2,(H,25,27)(H,23,24,26). The van der Waals surface area contributed by atoms with Crippen LogP contribution in [0.5, 0.6) is 5.75 Å². The highest BCUT2D eigenvalue weighted by Crippen LogP contribution is 2.34. The van der Waals surface area contributed by atoms with Crippen LogP contribution in [0.25, 0.3) is 10.9 Å². The quantitative estimate of drug-likeness (QED) is 0.522. The van der Waals surface area contributed by atoms with Gasteiger partial charge in [-0.15, -0.1) is 0 Å². The van der Waals surface area contributed by atoms with E-state index in [2.05, 4.69) is 27.2 Å². The Bertz CT molecular complexity index is 1040. The summed E-state index contributed by atoms with van der Waals surface area (Å²) in [5.41, 5.74) is 6.62. The first kappa shape index (κ1) is 19.5. The number of ether oxygens (including phenoxy) is 1. The van der Waals surface area contributed by atoms with Gasteiger partial charge in [-0.05, 0) is 30.3 Å². The number of rotatable bonds is 7. The van der Waals surface area contributed by atoms with Crippen molar-refractivity contribution in [1.29, 1.82) is 0 Å². The lowest BCUT2D eigenvalue weighted by Crippen LogP contribution is -2.13. The summed E-state index contributed by atoms with van der Waals surface area (Å²) in [5.74, 6) is -0.185. The van der Waals surface area contributed by atoms with Crippen LogP contribution in [0.4, 0.5) is 21.6 Å². The lowest BCUT2D eigenvalue weighted by atomic mass is 10.1. The van der Waals surface area contributed by atoms with Gasteiger partial charge in [-0.1, -0.05) is 18.2 Å². The number of hydrogen-bond donors (Lipinski definition) is 3. The van der Waals surface area contributed by atoms with Crippen LogP contribution >= 0.6 is 11.6 Å². The number of carbonyl (C=O) groups excluding carboxylic acids is 1. The van der Waals surface area contributed by atoms with Gasteiger partial charge in [0.1, 0.15) is 30.3 Å². The predicted octanol–water partition coefficient (Wildman–Crippen LogP) is 3.63. The Morgan fingerprint density at radius 1 is 1.29 bits per heavy atom. The number of nitrogens with zero attached hydrogens (tertiary/aromatic N) is 2. The molecule has 3 aromatic rings. The largest absolute Gasteiger partial charge is 0.490 e. The van der Waals surface area contributed by atoms with Gasteiger partial charge in [-0.3, -0.25) is 4.79 Å². The maximum atomic E-state index is 14.1. The van der Waals surface area contributed by atoms with Gasteiger partial charge in [-0.25, -0.2) is 14.4 Å². The van der Waals surface area contributed by atoms with E-state index in [9.17, 15) is 9.18 Å². The molecule has 1 heterocycles. The van der Waals surface area contributed by atoms with E-state index in [0.717, 1.165) is 6.08 Å². The second-order valence-electron chi connectivity index (χ2n) is 5.67. The van der Waals surface area contributed by atoms with E-state index >= 15 is 0 Å². The highest BCUT2D eigenvalue weighted by Gasteiger charge is 2.14. The molecule has 1 amide bonds. The number of aromatic nitrogens is 2. The molecule has 3 rings (SSSR count). The smallest absolute Gasteiger partial charge is 0.247 e. The molecule has 144 valence electrons. The van der Waals surface area contributed by atoms with Crippen molar-refractivity contribution in [3.8, 4) is 5.75 Å². The lowest BCUT2D eigenvalue weighted by molar-refractivity contribution is -0.111. The molecule has 0 radical (unpaired) electrons. The molecule has 0 unspecified atom stereocenters. The van der Waals surface area contributed by atoms with Crippen LogP contribution < -0.4 is 21.1 Å². The average molecular weight is 402 g/mol. The maximum Gasteiger partial charge on any atom is 0.247 e. The normalized spacial score (nSPS) is 10.5. The Labute approximate surface area is 165 Å². The molecular formula is C19H17ClFN5O2. The van der Waals surface area contributed by atoms with Gasteiger partial charge in [-0.2, -0.15) is 0 Å². The minimum absolute atomic E-state index is 0.199. The summed E-state index contributed by atoms with van der Waals surface area (Å²) < 4.78 is 19.7. The third-order valence-electron chi connectivity index (χ3n) is 3.74. The van der Waals surface area contributed by atoms with Gasteiger partial charge < -0.3 is 21.1 Å². The molecule has 0 aliphatic carbocycles. The van der Waals surface area contributed by atoms with Crippen molar-refractivity contribution in [2.24, 2.45) is 5.73 Å². The number of anilines is 3. The Hall–Kier alpha value is -3.23. The molecule has 0 spiro atoms. The van der Waals surface area contributed by atoms with Crippen LogP contribution in [0.3, 0.4) is 0 Å². The van der Waals surface area contributed by atoms with Gasteiger partial charge in [0, 0.05) is 23.0 Å². The van der Waals surface area contributed by atoms with Gasteiger partial charge in [0.2, 0.25) is 5.91 Å². The molecule has 0 bridgehead atoms. The maximum absolute atomic E-state index is 14.1. The van der Waals surface area contributed by atoms with E-state index in [1.165, 1.54) is 18.5 Å². The van der Waals surface area contributed by atoms with Crippen molar-refractivity contribution in [1.82, 2.24) is 9.97 Å². The highest BCUT2D eigenvalue weighted by molar-refractivity contribution is 6.30. The number of carbonyl (C=O) groups is 1. The zero-order valence-electron chi connectivity index (χ0n) is 14.7. The summed E-state index contributed by atoms with van der Waals surface area (Å²) in [5, 5.41) is 6.43. The topological polar surface area (TPSA) is 102 Å². The molecular weight excluding hydrogens is 385 g/mol. The van der Waals surface area contributed by atoms with Crippen molar-refractivity contribution >= 4 is 45.6 Å². The SMILES string of the molecule is C=CC(=O)Nc1cc2c(Nc3ccc(Cl)cc3F)ncnc2cc1OCCN. The Morgan fingerprint density at radius 2 is 2.11 bits per heavy atom. The zero-order valence-corrected chi connectivity index (χ0v) is 15.5. The predicted molar refractivity (Wildman–Crippen MR) is 108 cm³/mol. The van der Waals surface area contributed by atoms with E-state index in [1.54, 1.807) is 18.2 Å². The first-order valence-corrected chi connectivity index (χ1v) is 8.66. The molecule has 7 nitrogen and oxygen atoms in total. The molecule has 0 saturated carbocycles. The summed E-state index contributed by atoms with van der Waals surface area (Å²) >= 11 is 5.79. The van der Waals surface area contributed by atoms with Crippen molar-refractivity contribution in [2.45, 2.75) is 0 Å². The monoisotopic (exact) mass is 401 g/mol. The first-order valence-electron chi connectivity index (χ1n) is 8.29. The van der Waals surface area contributed by atoms with E-state index in [-0.39, 0.29) is 17.3 Å². The fourth-order valence-corrected chi connectivity index (χ4v) is 2.63. The molecule has 4 N–H and O–H groups in total. The van der Waals surface area contributed by atoms with Crippen molar-refractivity contribution in [3.63, 3.8) is 0 Å². The van der Waals surface area contributed by atoms with E-state index < -0.39 is 11.7 Å². The number of hydrogen-bond acceptors (Lipinski definition) is 6. The van der Waals surface area contributed by atoms with E-state index in [1.807, 2.05) is 0 Å². The first-order chi connectivity index (χ1) is 13.5. The minimum Gasteiger partial charge on any atom is -0.490 e. The summed E-state index contributed by atoms with van der Waals surface area (Å²) in [6.07, 6.45) is 2.48. The number of benzene rings is 2. The third kappa shape index (κ3) is 4.36. The number of nitrogens with two attached hydrogens (primary N) is 1. The van der Waals surface area contributed by atoms with Crippen molar-refractivity contribution in [2.75, 3.05) is 23.8 Å². The Morgan fingerprint density at radius 3 is 2.82 bits per heavy atom. The van der Waals surface area contributed by atoms with Crippen LogP contribution in [0, 0.1) is 5.82 Å². The molecule has 9 heteroatoms. The van der Waals surface area contributed by atoms with Crippen molar-refractivity contribution < 1.29 is 13.9 Å². The second kappa shape index (κ2) is 8.64. The summed E-state index contributed by atoms with van der Waals surface area (Å²) in [4.78, 5) is 20.2. The third-order valence-corrected chi connectivity index (χ3v) is 3.97. The van der Waals surface area contributed by atoms with Crippen LogP contribution in [-0.2, 0) is 4.79 Å². The Kier molecular flexibility index (Phi) is 6.03. The van der Waals surface area contributed by atoms with Crippen LogP contribution in [-0.4, -0.2) is 29.0 Å².